The summed E-state index contributed by atoms with van der Waals surface area (Å²) in [4.78, 5) is 1.99. The molecule has 0 aliphatic heterocycles. The van der Waals surface area contributed by atoms with Gasteiger partial charge in [-0.05, 0) is 37.6 Å². The third kappa shape index (κ3) is 2.61. The molecule has 0 fully saturated rings. The van der Waals surface area contributed by atoms with E-state index in [0.29, 0.717) is 5.56 Å². The second-order valence-electron chi connectivity index (χ2n) is 4.79. The van der Waals surface area contributed by atoms with E-state index in [-0.39, 0.29) is 12.4 Å². The molecule has 0 bridgehead atoms. The van der Waals surface area contributed by atoms with Crippen molar-refractivity contribution in [3.8, 4) is 0 Å². The highest BCUT2D eigenvalue weighted by molar-refractivity contribution is 5.68. The van der Waals surface area contributed by atoms with Gasteiger partial charge in [0.1, 0.15) is 5.82 Å². The minimum absolute atomic E-state index is 0.192. The molecular weight excluding hydrogens is 239 g/mol. The normalized spacial score (nSPS) is 10.6. The van der Waals surface area contributed by atoms with Crippen molar-refractivity contribution >= 4 is 11.4 Å². The van der Waals surface area contributed by atoms with Crippen molar-refractivity contribution in [3.05, 3.63) is 58.9 Å². The van der Waals surface area contributed by atoms with Gasteiger partial charge in [0, 0.05) is 30.5 Å². The first kappa shape index (κ1) is 13.6. The molecule has 3 heteroatoms. The van der Waals surface area contributed by atoms with Crippen LogP contribution in [-0.2, 0) is 6.54 Å². The van der Waals surface area contributed by atoms with Crippen molar-refractivity contribution < 1.29 is 4.39 Å². The van der Waals surface area contributed by atoms with Gasteiger partial charge in [-0.3, -0.25) is 0 Å². The van der Waals surface area contributed by atoms with Crippen LogP contribution in [0.5, 0.6) is 0 Å². The Morgan fingerprint density at radius 2 is 1.84 bits per heavy atom. The molecule has 2 N–H and O–H groups in total. The fourth-order valence-electron chi connectivity index (χ4n) is 2.38. The summed E-state index contributed by atoms with van der Waals surface area (Å²) < 4.78 is 13.8. The van der Waals surface area contributed by atoms with E-state index in [2.05, 4.69) is 32.0 Å². The van der Waals surface area contributed by atoms with Gasteiger partial charge in [0.2, 0.25) is 0 Å². The minimum Gasteiger partial charge on any atom is -0.344 e. The second kappa shape index (κ2) is 5.41. The van der Waals surface area contributed by atoms with Gasteiger partial charge in [-0.1, -0.05) is 23.8 Å². The van der Waals surface area contributed by atoms with E-state index in [1.54, 1.807) is 6.07 Å². The Morgan fingerprint density at radius 3 is 2.47 bits per heavy atom. The van der Waals surface area contributed by atoms with Gasteiger partial charge in [0.05, 0.1) is 0 Å². The highest BCUT2D eigenvalue weighted by atomic mass is 19.1. The maximum Gasteiger partial charge on any atom is 0.129 e. The molecular formula is C16H19FN2. The van der Waals surface area contributed by atoms with E-state index in [1.165, 1.54) is 11.6 Å². The Kier molecular flexibility index (Phi) is 3.86. The predicted octanol–water partition coefficient (Wildman–Crippen LogP) is 3.67. The number of hydrogen-bond donors (Lipinski definition) is 1. The van der Waals surface area contributed by atoms with Crippen molar-refractivity contribution in [2.24, 2.45) is 5.73 Å². The third-order valence-corrected chi connectivity index (χ3v) is 3.37. The lowest BCUT2D eigenvalue weighted by Gasteiger charge is -2.24. The molecule has 0 aromatic heterocycles. The molecule has 0 amide bonds. The van der Waals surface area contributed by atoms with Crippen LogP contribution in [0.4, 0.5) is 15.8 Å². The zero-order valence-corrected chi connectivity index (χ0v) is 11.6. The first-order valence-corrected chi connectivity index (χ1v) is 6.33. The van der Waals surface area contributed by atoms with Gasteiger partial charge in [0.15, 0.2) is 0 Å². The van der Waals surface area contributed by atoms with Gasteiger partial charge < -0.3 is 10.6 Å². The molecule has 0 aliphatic carbocycles. The Bertz CT molecular complexity index is 593. The van der Waals surface area contributed by atoms with Crippen LogP contribution < -0.4 is 10.6 Å². The third-order valence-electron chi connectivity index (χ3n) is 3.37. The summed E-state index contributed by atoms with van der Waals surface area (Å²) in [6, 6.07) is 11.3. The van der Waals surface area contributed by atoms with E-state index in [0.717, 1.165) is 16.9 Å². The Balaban J connectivity index is 2.50. The van der Waals surface area contributed by atoms with Crippen LogP contribution in [0.3, 0.4) is 0 Å². The van der Waals surface area contributed by atoms with Crippen LogP contribution in [-0.4, -0.2) is 7.05 Å². The van der Waals surface area contributed by atoms with Crippen LogP contribution >= 0.6 is 0 Å². The Hall–Kier alpha value is -1.87. The molecule has 0 aliphatic rings. The molecule has 2 rings (SSSR count). The SMILES string of the molecule is Cc1ccc(N(C)c2cccc(F)c2CN)c(C)c1. The van der Waals surface area contributed by atoms with Crippen molar-refractivity contribution in [2.75, 3.05) is 11.9 Å². The summed E-state index contributed by atoms with van der Waals surface area (Å²) in [7, 11) is 1.94. The Morgan fingerprint density at radius 1 is 1.11 bits per heavy atom. The molecule has 19 heavy (non-hydrogen) atoms. The summed E-state index contributed by atoms with van der Waals surface area (Å²) in [5, 5.41) is 0. The number of nitrogens with zero attached hydrogens (tertiary/aromatic N) is 1. The number of hydrogen-bond acceptors (Lipinski definition) is 2. The lowest BCUT2D eigenvalue weighted by atomic mass is 10.1. The summed E-state index contributed by atoms with van der Waals surface area (Å²) in [5.41, 5.74) is 10.5. The highest BCUT2D eigenvalue weighted by Gasteiger charge is 2.13. The summed E-state index contributed by atoms with van der Waals surface area (Å²) in [6.07, 6.45) is 0. The maximum absolute atomic E-state index is 13.8. The fraction of sp³-hybridized carbons (Fsp3) is 0.250. The number of aryl methyl sites for hydroxylation is 2. The summed E-state index contributed by atoms with van der Waals surface area (Å²) in [6.45, 7) is 4.31. The molecule has 100 valence electrons. The molecule has 0 saturated carbocycles. The van der Waals surface area contributed by atoms with Crippen LogP contribution in [0.25, 0.3) is 0 Å². The molecule has 2 aromatic rings. The van der Waals surface area contributed by atoms with Crippen molar-refractivity contribution in [3.63, 3.8) is 0 Å². The molecule has 2 aromatic carbocycles. The van der Waals surface area contributed by atoms with E-state index in [1.807, 2.05) is 18.0 Å². The van der Waals surface area contributed by atoms with Gasteiger partial charge in [-0.25, -0.2) is 4.39 Å². The van der Waals surface area contributed by atoms with E-state index >= 15 is 0 Å². The smallest absolute Gasteiger partial charge is 0.129 e. The molecule has 0 saturated heterocycles. The highest BCUT2D eigenvalue weighted by Crippen LogP contribution is 2.30. The zero-order valence-electron chi connectivity index (χ0n) is 11.6. The van der Waals surface area contributed by atoms with Gasteiger partial charge in [0.25, 0.3) is 0 Å². The predicted molar refractivity (Wildman–Crippen MR) is 78.3 cm³/mol. The second-order valence-corrected chi connectivity index (χ2v) is 4.79. The topological polar surface area (TPSA) is 29.3 Å². The fourth-order valence-corrected chi connectivity index (χ4v) is 2.38. The minimum atomic E-state index is -0.253. The molecule has 0 heterocycles. The largest absolute Gasteiger partial charge is 0.344 e. The summed E-state index contributed by atoms with van der Waals surface area (Å²) in [5.74, 6) is -0.253. The van der Waals surface area contributed by atoms with Crippen molar-refractivity contribution in [2.45, 2.75) is 20.4 Å². The first-order valence-electron chi connectivity index (χ1n) is 6.33. The number of anilines is 2. The first-order chi connectivity index (χ1) is 9.04. The molecule has 2 nitrogen and oxygen atoms in total. The monoisotopic (exact) mass is 258 g/mol. The van der Waals surface area contributed by atoms with Crippen LogP contribution in [0.1, 0.15) is 16.7 Å². The quantitative estimate of drug-likeness (QED) is 0.910. The number of rotatable bonds is 3. The van der Waals surface area contributed by atoms with Crippen LogP contribution in [0, 0.1) is 19.7 Å². The lowest BCUT2D eigenvalue weighted by Crippen LogP contribution is -2.15. The van der Waals surface area contributed by atoms with Gasteiger partial charge in [-0.2, -0.15) is 0 Å². The average Bonchev–Trinajstić information content (AvgIpc) is 2.37. The van der Waals surface area contributed by atoms with E-state index < -0.39 is 0 Å². The van der Waals surface area contributed by atoms with Crippen molar-refractivity contribution in [1.29, 1.82) is 0 Å². The van der Waals surface area contributed by atoms with Crippen molar-refractivity contribution in [1.82, 2.24) is 0 Å². The molecule has 0 atom stereocenters. The standard InChI is InChI=1S/C16H19FN2/c1-11-7-8-15(12(2)9-11)19(3)16-6-4-5-14(17)13(16)10-18/h4-9H,10,18H2,1-3H3. The van der Waals surface area contributed by atoms with E-state index in [9.17, 15) is 4.39 Å². The van der Waals surface area contributed by atoms with Crippen LogP contribution in [0.2, 0.25) is 0 Å². The molecule has 0 spiro atoms. The lowest BCUT2D eigenvalue weighted by molar-refractivity contribution is 0.610. The summed E-state index contributed by atoms with van der Waals surface area (Å²) >= 11 is 0. The van der Waals surface area contributed by atoms with Crippen LogP contribution in [0.15, 0.2) is 36.4 Å². The van der Waals surface area contributed by atoms with Gasteiger partial charge >= 0.3 is 0 Å². The average molecular weight is 258 g/mol. The molecule has 0 unspecified atom stereocenters. The number of halogens is 1. The van der Waals surface area contributed by atoms with E-state index in [4.69, 9.17) is 5.73 Å². The number of benzene rings is 2. The Labute approximate surface area is 113 Å². The maximum atomic E-state index is 13.8. The zero-order chi connectivity index (χ0) is 14.0. The molecule has 0 radical (unpaired) electrons. The number of nitrogens with two attached hydrogens (primary N) is 1. The van der Waals surface area contributed by atoms with Gasteiger partial charge in [-0.15, -0.1) is 0 Å².